The van der Waals surface area contributed by atoms with Crippen LogP contribution in [-0.4, -0.2) is 36.9 Å². The summed E-state index contributed by atoms with van der Waals surface area (Å²) in [5, 5.41) is 10.8. The maximum atomic E-state index is 12.5. The summed E-state index contributed by atoms with van der Waals surface area (Å²) in [7, 11) is -2.18. The number of rotatable bonds is 5. The van der Waals surface area contributed by atoms with E-state index in [0.717, 1.165) is 43.4 Å². The maximum Gasteiger partial charge on any atom is 0.348 e. The molecule has 1 fully saturated rings. The highest BCUT2D eigenvalue weighted by atomic mass is 32.2. The molecule has 0 atom stereocenters. The van der Waals surface area contributed by atoms with E-state index in [0.29, 0.717) is 5.56 Å². The lowest BCUT2D eigenvalue weighted by Gasteiger charge is -2.30. The standard InChI is InChI=1S/C13H20N2O4S2/c1-9-8-20-12(13(16)17)11(9)14-21(18,19)15(2)10-6-4-3-5-7-10/h8,10,14H,3-7H2,1-2H3,(H,16,17). The molecule has 2 N–H and O–H groups in total. The zero-order chi connectivity index (χ0) is 15.6. The summed E-state index contributed by atoms with van der Waals surface area (Å²) in [6, 6.07) is -0.0107. The summed E-state index contributed by atoms with van der Waals surface area (Å²) >= 11 is 1.03. The first kappa shape index (κ1) is 16.3. The molecule has 0 aromatic carbocycles. The quantitative estimate of drug-likeness (QED) is 0.868. The van der Waals surface area contributed by atoms with Gasteiger partial charge in [-0.25, -0.2) is 4.79 Å². The second-order valence-electron chi connectivity index (χ2n) is 5.34. The van der Waals surface area contributed by atoms with E-state index in [1.165, 1.54) is 4.31 Å². The molecule has 0 amide bonds. The first-order chi connectivity index (χ1) is 9.83. The Hall–Kier alpha value is -1.12. The van der Waals surface area contributed by atoms with Crippen molar-refractivity contribution < 1.29 is 18.3 Å². The minimum Gasteiger partial charge on any atom is -0.477 e. The topological polar surface area (TPSA) is 86.7 Å². The largest absolute Gasteiger partial charge is 0.477 e. The number of aromatic carboxylic acids is 1. The molecule has 0 unspecified atom stereocenters. The van der Waals surface area contributed by atoms with Crippen LogP contribution >= 0.6 is 11.3 Å². The molecular weight excluding hydrogens is 312 g/mol. The fraction of sp³-hybridized carbons (Fsp3) is 0.615. The lowest BCUT2D eigenvalue weighted by Crippen LogP contribution is -2.41. The van der Waals surface area contributed by atoms with Gasteiger partial charge in [0.25, 0.3) is 0 Å². The molecule has 1 aliphatic rings. The van der Waals surface area contributed by atoms with E-state index < -0.39 is 16.2 Å². The molecule has 0 spiro atoms. The Kier molecular flexibility index (Phi) is 4.90. The Balaban J connectivity index is 2.21. The zero-order valence-electron chi connectivity index (χ0n) is 12.1. The normalized spacial score (nSPS) is 17.1. The van der Waals surface area contributed by atoms with E-state index in [1.807, 2.05) is 0 Å². The van der Waals surface area contributed by atoms with Crippen molar-refractivity contribution in [3.8, 4) is 0 Å². The number of carboxylic acids is 1. The second kappa shape index (κ2) is 6.33. The van der Waals surface area contributed by atoms with Crippen molar-refractivity contribution in [2.75, 3.05) is 11.8 Å². The average Bonchev–Trinajstić information content (AvgIpc) is 2.80. The molecule has 0 saturated heterocycles. The molecule has 6 nitrogen and oxygen atoms in total. The molecule has 1 heterocycles. The van der Waals surface area contributed by atoms with Gasteiger partial charge in [-0.15, -0.1) is 11.3 Å². The predicted octanol–water partition coefficient (Wildman–Crippen LogP) is 2.68. The highest BCUT2D eigenvalue weighted by Crippen LogP contribution is 2.30. The maximum absolute atomic E-state index is 12.5. The number of nitrogens with one attached hydrogen (secondary N) is 1. The summed E-state index contributed by atoms with van der Waals surface area (Å²) in [5.41, 5.74) is 0.799. The lowest BCUT2D eigenvalue weighted by atomic mass is 9.96. The molecule has 118 valence electrons. The van der Waals surface area contributed by atoms with Gasteiger partial charge in [0.05, 0.1) is 5.69 Å². The van der Waals surface area contributed by atoms with Crippen molar-refractivity contribution in [3.63, 3.8) is 0 Å². The fourth-order valence-electron chi connectivity index (χ4n) is 2.57. The Morgan fingerprint density at radius 2 is 2.00 bits per heavy atom. The van der Waals surface area contributed by atoms with Gasteiger partial charge in [0.1, 0.15) is 4.88 Å². The summed E-state index contributed by atoms with van der Waals surface area (Å²) < 4.78 is 28.7. The number of carboxylic acid groups (broad SMARTS) is 1. The third-order valence-corrected chi connectivity index (χ3v) is 6.47. The van der Waals surface area contributed by atoms with E-state index >= 15 is 0 Å². The molecule has 0 aliphatic heterocycles. The Morgan fingerprint density at radius 3 is 2.57 bits per heavy atom. The number of nitrogens with zero attached hydrogens (tertiary/aromatic N) is 1. The second-order valence-corrected chi connectivity index (χ2v) is 7.95. The van der Waals surface area contributed by atoms with Crippen LogP contribution in [0, 0.1) is 6.92 Å². The molecule has 1 aromatic heterocycles. The van der Waals surface area contributed by atoms with Gasteiger partial charge in [0.2, 0.25) is 0 Å². The summed E-state index contributed by atoms with van der Waals surface area (Å²) in [5.74, 6) is -1.12. The van der Waals surface area contributed by atoms with Crippen LogP contribution in [0.3, 0.4) is 0 Å². The summed E-state index contributed by atoms with van der Waals surface area (Å²) in [6.07, 6.45) is 4.91. The third kappa shape index (κ3) is 3.56. The Morgan fingerprint density at radius 1 is 1.38 bits per heavy atom. The minimum absolute atomic E-state index is 0.0107. The van der Waals surface area contributed by atoms with Crippen LogP contribution in [0.1, 0.15) is 47.3 Å². The highest BCUT2D eigenvalue weighted by Gasteiger charge is 2.29. The van der Waals surface area contributed by atoms with E-state index in [-0.39, 0.29) is 16.6 Å². The number of hydrogen-bond acceptors (Lipinski definition) is 4. The molecule has 21 heavy (non-hydrogen) atoms. The van der Waals surface area contributed by atoms with Gasteiger partial charge in [0.15, 0.2) is 0 Å². The van der Waals surface area contributed by atoms with E-state index in [2.05, 4.69) is 4.72 Å². The van der Waals surface area contributed by atoms with Gasteiger partial charge >= 0.3 is 16.2 Å². The molecule has 8 heteroatoms. The van der Waals surface area contributed by atoms with Gasteiger partial charge in [-0.2, -0.15) is 12.7 Å². The Bertz CT molecular complexity index is 618. The van der Waals surface area contributed by atoms with Gasteiger partial charge < -0.3 is 5.11 Å². The van der Waals surface area contributed by atoms with Gasteiger partial charge in [0, 0.05) is 13.1 Å². The molecule has 0 radical (unpaired) electrons. The van der Waals surface area contributed by atoms with Crippen molar-refractivity contribution in [1.29, 1.82) is 0 Å². The van der Waals surface area contributed by atoms with E-state index in [1.54, 1.807) is 19.4 Å². The monoisotopic (exact) mass is 332 g/mol. The molecule has 0 bridgehead atoms. The number of hydrogen-bond donors (Lipinski definition) is 2. The van der Waals surface area contributed by atoms with Crippen molar-refractivity contribution in [2.24, 2.45) is 0 Å². The predicted molar refractivity (Wildman–Crippen MR) is 83.2 cm³/mol. The van der Waals surface area contributed by atoms with Crippen LogP contribution in [0.25, 0.3) is 0 Å². The average molecular weight is 332 g/mol. The summed E-state index contributed by atoms with van der Waals surface area (Å²) in [6.45, 7) is 1.70. The highest BCUT2D eigenvalue weighted by molar-refractivity contribution is 7.90. The van der Waals surface area contributed by atoms with Crippen LogP contribution in [0.2, 0.25) is 0 Å². The molecule has 1 saturated carbocycles. The fourth-order valence-corrected chi connectivity index (χ4v) is 4.75. The van der Waals surface area contributed by atoms with E-state index in [4.69, 9.17) is 5.11 Å². The van der Waals surface area contributed by atoms with Crippen LogP contribution < -0.4 is 4.72 Å². The number of carbonyl (C=O) groups is 1. The number of thiophene rings is 1. The molecule has 1 aliphatic carbocycles. The van der Waals surface area contributed by atoms with Crippen molar-refractivity contribution >= 4 is 33.2 Å². The Labute approximate surface area is 129 Å². The van der Waals surface area contributed by atoms with Gasteiger partial charge in [-0.05, 0) is 30.7 Å². The zero-order valence-corrected chi connectivity index (χ0v) is 13.8. The molecule has 2 rings (SSSR count). The van der Waals surface area contributed by atoms with Crippen molar-refractivity contribution in [2.45, 2.75) is 45.1 Å². The van der Waals surface area contributed by atoms with Crippen molar-refractivity contribution in [1.82, 2.24) is 4.31 Å². The van der Waals surface area contributed by atoms with Gasteiger partial charge in [-0.3, -0.25) is 4.72 Å². The first-order valence-electron chi connectivity index (χ1n) is 6.90. The van der Waals surface area contributed by atoms with Crippen molar-refractivity contribution in [3.05, 3.63) is 15.8 Å². The number of aryl methyl sites for hydroxylation is 1. The SMILES string of the molecule is Cc1csc(C(=O)O)c1NS(=O)(=O)N(C)C1CCCCC1. The molecular formula is C13H20N2O4S2. The number of anilines is 1. The smallest absolute Gasteiger partial charge is 0.348 e. The third-order valence-electron chi connectivity index (χ3n) is 3.87. The molecule has 1 aromatic rings. The lowest BCUT2D eigenvalue weighted by molar-refractivity contribution is 0.0703. The van der Waals surface area contributed by atoms with E-state index in [9.17, 15) is 13.2 Å². The summed E-state index contributed by atoms with van der Waals surface area (Å²) in [4.78, 5) is 11.2. The van der Waals surface area contributed by atoms with Crippen LogP contribution in [-0.2, 0) is 10.2 Å². The van der Waals surface area contributed by atoms with Crippen LogP contribution in [0.5, 0.6) is 0 Å². The first-order valence-corrected chi connectivity index (χ1v) is 9.22. The minimum atomic E-state index is -3.73. The van der Waals surface area contributed by atoms with Crippen LogP contribution in [0.4, 0.5) is 5.69 Å². The van der Waals surface area contributed by atoms with Crippen LogP contribution in [0.15, 0.2) is 5.38 Å². The van der Waals surface area contributed by atoms with Gasteiger partial charge in [-0.1, -0.05) is 19.3 Å².